The van der Waals surface area contributed by atoms with E-state index in [1.165, 1.54) is 18.5 Å². The summed E-state index contributed by atoms with van der Waals surface area (Å²) < 4.78 is 5.36. The Hall–Kier alpha value is -2.28. The van der Waals surface area contributed by atoms with Crippen molar-refractivity contribution in [2.75, 3.05) is 12.4 Å². The van der Waals surface area contributed by atoms with E-state index in [0.717, 1.165) is 19.3 Å². The molecule has 2 unspecified atom stereocenters. The predicted molar refractivity (Wildman–Crippen MR) is 78.3 cm³/mol. The van der Waals surface area contributed by atoms with Crippen LogP contribution >= 0.6 is 0 Å². The van der Waals surface area contributed by atoms with Crippen molar-refractivity contribution in [3.8, 4) is 0 Å². The van der Waals surface area contributed by atoms with Gasteiger partial charge >= 0.3 is 0 Å². The Kier molecular flexibility index (Phi) is 3.66. The van der Waals surface area contributed by atoms with Crippen LogP contribution in [-0.4, -0.2) is 34.1 Å². The minimum Gasteiger partial charge on any atom is -0.381 e. The zero-order valence-electron chi connectivity index (χ0n) is 11.7. The van der Waals surface area contributed by atoms with Gasteiger partial charge in [0.1, 0.15) is 12.1 Å². The molecule has 1 heterocycles. The summed E-state index contributed by atoms with van der Waals surface area (Å²) in [5, 5.41) is 14.9. The third kappa shape index (κ3) is 2.78. The van der Waals surface area contributed by atoms with Crippen LogP contribution in [0.2, 0.25) is 0 Å². The van der Waals surface area contributed by atoms with E-state index in [1.54, 1.807) is 13.2 Å². The molecule has 0 radical (unpaired) electrons. The maximum atomic E-state index is 10.9. The summed E-state index contributed by atoms with van der Waals surface area (Å²) in [7, 11) is 1.72. The van der Waals surface area contributed by atoms with Gasteiger partial charge in [0, 0.05) is 30.7 Å². The van der Waals surface area contributed by atoms with Gasteiger partial charge in [0.25, 0.3) is 5.69 Å². The normalized spacial score (nSPS) is 21.6. The van der Waals surface area contributed by atoms with E-state index < -0.39 is 4.92 Å². The molecule has 1 fully saturated rings. The molecule has 1 aromatic heterocycles. The molecular weight excluding hydrogens is 272 g/mol. The van der Waals surface area contributed by atoms with Crippen LogP contribution in [0.3, 0.4) is 0 Å². The topological polar surface area (TPSA) is 90.2 Å². The molecule has 1 N–H and O–H groups in total. The molecule has 21 heavy (non-hydrogen) atoms. The van der Waals surface area contributed by atoms with E-state index >= 15 is 0 Å². The molecule has 7 heteroatoms. The summed E-state index contributed by atoms with van der Waals surface area (Å²) in [5.74, 6) is 0.644. The first kappa shape index (κ1) is 13.7. The number of anilines is 1. The number of methoxy groups -OCH3 is 1. The quantitative estimate of drug-likeness (QED) is 0.686. The molecule has 0 aliphatic heterocycles. The van der Waals surface area contributed by atoms with Crippen LogP contribution in [0, 0.1) is 10.1 Å². The highest BCUT2D eigenvalue weighted by Crippen LogP contribution is 2.28. The third-order valence-electron chi connectivity index (χ3n) is 3.89. The minimum atomic E-state index is -0.410. The zero-order chi connectivity index (χ0) is 14.8. The van der Waals surface area contributed by atoms with Gasteiger partial charge in [-0.05, 0) is 25.3 Å². The zero-order valence-corrected chi connectivity index (χ0v) is 11.7. The van der Waals surface area contributed by atoms with Crippen LogP contribution in [-0.2, 0) is 4.74 Å². The van der Waals surface area contributed by atoms with Gasteiger partial charge in [-0.2, -0.15) is 0 Å². The number of rotatable bonds is 4. The van der Waals surface area contributed by atoms with E-state index in [1.807, 2.05) is 0 Å². The molecule has 7 nitrogen and oxygen atoms in total. The van der Waals surface area contributed by atoms with Crippen molar-refractivity contribution in [3.63, 3.8) is 0 Å². The summed E-state index contributed by atoms with van der Waals surface area (Å²) in [5.41, 5.74) is 0.737. The summed E-state index contributed by atoms with van der Waals surface area (Å²) in [6.07, 6.45) is 4.66. The summed E-state index contributed by atoms with van der Waals surface area (Å²) in [6, 6.07) is 4.88. The molecule has 0 spiro atoms. The van der Waals surface area contributed by atoms with Gasteiger partial charge in [0.05, 0.1) is 16.5 Å². The number of nitro groups is 1. The molecule has 1 aliphatic carbocycles. The lowest BCUT2D eigenvalue weighted by Crippen LogP contribution is -2.18. The lowest BCUT2D eigenvalue weighted by molar-refractivity contribution is -0.384. The highest BCUT2D eigenvalue weighted by Gasteiger charge is 2.25. The number of nitrogens with zero attached hydrogens (tertiary/aromatic N) is 3. The molecule has 1 aliphatic rings. The van der Waals surface area contributed by atoms with E-state index in [-0.39, 0.29) is 17.8 Å². The highest BCUT2D eigenvalue weighted by atomic mass is 16.6. The Morgan fingerprint density at radius 1 is 1.38 bits per heavy atom. The molecule has 1 aromatic carbocycles. The fraction of sp³-hybridized carbons (Fsp3) is 0.429. The van der Waals surface area contributed by atoms with Crippen molar-refractivity contribution in [1.29, 1.82) is 0 Å². The second kappa shape index (κ2) is 5.61. The summed E-state index contributed by atoms with van der Waals surface area (Å²) in [6.45, 7) is 0. The Morgan fingerprint density at radius 3 is 2.95 bits per heavy atom. The van der Waals surface area contributed by atoms with Crippen LogP contribution in [0.25, 0.3) is 10.9 Å². The molecule has 0 bridgehead atoms. The molecule has 2 aromatic rings. The number of non-ortho nitro benzene ring substituents is 1. The van der Waals surface area contributed by atoms with Crippen LogP contribution in [0.5, 0.6) is 0 Å². The third-order valence-corrected chi connectivity index (χ3v) is 3.89. The van der Waals surface area contributed by atoms with Crippen molar-refractivity contribution >= 4 is 22.4 Å². The molecular formula is C14H16N4O3. The van der Waals surface area contributed by atoms with Gasteiger partial charge in [-0.1, -0.05) is 0 Å². The van der Waals surface area contributed by atoms with Gasteiger partial charge in [0.15, 0.2) is 0 Å². The summed E-state index contributed by atoms with van der Waals surface area (Å²) >= 11 is 0. The Morgan fingerprint density at radius 2 is 2.24 bits per heavy atom. The van der Waals surface area contributed by atoms with Crippen LogP contribution in [0.1, 0.15) is 19.3 Å². The smallest absolute Gasteiger partial charge is 0.270 e. The molecule has 0 amide bonds. The van der Waals surface area contributed by atoms with E-state index in [0.29, 0.717) is 16.7 Å². The van der Waals surface area contributed by atoms with Gasteiger partial charge in [0.2, 0.25) is 0 Å². The SMILES string of the molecule is COC1CCC(Nc2ncnc3ccc([N+](=O)[O-])cc23)C1. The van der Waals surface area contributed by atoms with E-state index in [4.69, 9.17) is 4.74 Å². The molecule has 1 saturated carbocycles. The molecule has 110 valence electrons. The number of hydrogen-bond donors (Lipinski definition) is 1. The fourth-order valence-corrected chi connectivity index (χ4v) is 2.75. The van der Waals surface area contributed by atoms with Gasteiger partial charge in [-0.25, -0.2) is 9.97 Å². The summed E-state index contributed by atoms with van der Waals surface area (Å²) in [4.78, 5) is 18.9. The minimum absolute atomic E-state index is 0.0431. The maximum Gasteiger partial charge on any atom is 0.270 e. The van der Waals surface area contributed by atoms with Crippen molar-refractivity contribution in [3.05, 3.63) is 34.6 Å². The first-order chi connectivity index (χ1) is 10.2. The number of hydrogen-bond acceptors (Lipinski definition) is 6. The number of nitrogens with one attached hydrogen (secondary N) is 1. The van der Waals surface area contributed by atoms with E-state index in [9.17, 15) is 10.1 Å². The largest absolute Gasteiger partial charge is 0.381 e. The lowest BCUT2D eigenvalue weighted by Gasteiger charge is -2.14. The van der Waals surface area contributed by atoms with Crippen molar-refractivity contribution < 1.29 is 9.66 Å². The van der Waals surface area contributed by atoms with Gasteiger partial charge < -0.3 is 10.1 Å². The highest BCUT2D eigenvalue weighted by molar-refractivity contribution is 5.90. The first-order valence-corrected chi connectivity index (χ1v) is 6.86. The van der Waals surface area contributed by atoms with Crippen LogP contribution < -0.4 is 5.32 Å². The average molecular weight is 288 g/mol. The number of fused-ring (bicyclic) bond motifs is 1. The average Bonchev–Trinajstić information content (AvgIpc) is 2.95. The Bertz CT molecular complexity index is 676. The van der Waals surface area contributed by atoms with Crippen LogP contribution in [0.4, 0.5) is 11.5 Å². The van der Waals surface area contributed by atoms with Gasteiger partial charge in [-0.3, -0.25) is 10.1 Å². The molecule has 0 saturated heterocycles. The first-order valence-electron chi connectivity index (χ1n) is 6.86. The second-order valence-electron chi connectivity index (χ2n) is 5.19. The lowest BCUT2D eigenvalue weighted by atomic mass is 10.2. The number of ether oxygens (including phenoxy) is 1. The maximum absolute atomic E-state index is 10.9. The number of nitro benzene ring substituents is 1. The van der Waals surface area contributed by atoms with Gasteiger partial charge in [-0.15, -0.1) is 0 Å². The van der Waals surface area contributed by atoms with Crippen molar-refractivity contribution in [1.82, 2.24) is 9.97 Å². The van der Waals surface area contributed by atoms with E-state index in [2.05, 4.69) is 15.3 Å². The Labute approximate surface area is 121 Å². The predicted octanol–water partition coefficient (Wildman–Crippen LogP) is 2.52. The van der Waals surface area contributed by atoms with Crippen molar-refractivity contribution in [2.45, 2.75) is 31.4 Å². The van der Waals surface area contributed by atoms with Crippen LogP contribution in [0.15, 0.2) is 24.5 Å². The van der Waals surface area contributed by atoms with Crippen molar-refractivity contribution in [2.24, 2.45) is 0 Å². The number of benzene rings is 1. The molecule has 2 atom stereocenters. The second-order valence-corrected chi connectivity index (χ2v) is 5.19. The standard InChI is InChI=1S/C14H16N4O3/c1-21-11-4-2-9(6-11)17-14-12-7-10(18(19)20)3-5-13(12)15-8-16-14/h3,5,7-9,11H,2,4,6H2,1H3,(H,15,16,17). The monoisotopic (exact) mass is 288 g/mol. The number of aromatic nitrogens is 2. The molecule has 3 rings (SSSR count). The Balaban J connectivity index is 1.91. The fourth-order valence-electron chi connectivity index (χ4n) is 2.75.